The van der Waals surface area contributed by atoms with E-state index in [4.69, 9.17) is 0 Å². The highest BCUT2D eigenvalue weighted by Crippen LogP contribution is 2.50. The molecule has 6 aromatic rings. The van der Waals surface area contributed by atoms with E-state index in [0.29, 0.717) is 0 Å². The zero-order chi connectivity index (χ0) is 22.8. The highest BCUT2D eigenvalue weighted by molar-refractivity contribution is 6.17. The van der Waals surface area contributed by atoms with Gasteiger partial charge in [0.2, 0.25) is 0 Å². The molecular weight excluding hydrogens is 412 g/mol. The van der Waals surface area contributed by atoms with Crippen LogP contribution in [0.25, 0.3) is 38.6 Å². The van der Waals surface area contributed by atoms with Crippen molar-refractivity contribution in [1.82, 2.24) is 4.57 Å². The zero-order valence-electron chi connectivity index (χ0n) is 19.3. The Bertz CT molecular complexity index is 1720. The average molecular weight is 437 g/mol. The maximum absolute atomic E-state index is 2.46. The second-order valence-corrected chi connectivity index (χ2v) is 9.17. The summed E-state index contributed by atoms with van der Waals surface area (Å²) in [6.07, 6.45) is 0. The summed E-state index contributed by atoms with van der Waals surface area (Å²) in [6.45, 7) is 4.43. The number of para-hydroxylation sites is 4. The van der Waals surface area contributed by atoms with Crippen molar-refractivity contribution in [1.29, 1.82) is 0 Å². The highest BCUT2D eigenvalue weighted by atomic mass is 15.2. The number of aryl methyl sites for hydroxylation is 2. The minimum absolute atomic E-state index is 1.18. The molecule has 0 radical (unpaired) electrons. The van der Waals surface area contributed by atoms with E-state index in [2.05, 4.69) is 133 Å². The Balaban J connectivity index is 1.62. The van der Waals surface area contributed by atoms with Crippen molar-refractivity contribution < 1.29 is 0 Å². The summed E-state index contributed by atoms with van der Waals surface area (Å²) < 4.78 is 2.46. The molecule has 0 aliphatic carbocycles. The molecule has 162 valence electrons. The van der Waals surface area contributed by atoms with Crippen molar-refractivity contribution in [2.45, 2.75) is 13.8 Å². The minimum atomic E-state index is 1.18. The van der Waals surface area contributed by atoms with Crippen LogP contribution in [0.1, 0.15) is 11.1 Å². The van der Waals surface area contributed by atoms with Gasteiger partial charge < -0.3 is 9.47 Å². The summed E-state index contributed by atoms with van der Waals surface area (Å²) >= 11 is 0. The van der Waals surface area contributed by atoms with Crippen molar-refractivity contribution in [3.63, 3.8) is 0 Å². The fourth-order valence-electron chi connectivity index (χ4n) is 5.62. The first-order valence-corrected chi connectivity index (χ1v) is 11.8. The van der Waals surface area contributed by atoms with Crippen LogP contribution < -0.4 is 4.90 Å². The monoisotopic (exact) mass is 436 g/mol. The lowest BCUT2D eigenvalue weighted by atomic mass is 9.95. The Morgan fingerprint density at radius 1 is 0.500 bits per heavy atom. The van der Waals surface area contributed by atoms with Crippen LogP contribution >= 0.6 is 0 Å². The Morgan fingerprint density at radius 3 is 2.03 bits per heavy atom. The fraction of sp³-hybridized carbons (Fsp3) is 0.0625. The predicted octanol–water partition coefficient (Wildman–Crippen LogP) is 8.85. The number of hydrogen-bond acceptors (Lipinski definition) is 1. The molecule has 0 spiro atoms. The number of anilines is 3. The van der Waals surface area contributed by atoms with Crippen LogP contribution in [0.4, 0.5) is 17.1 Å². The Hall–Kier alpha value is -4.30. The van der Waals surface area contributed by atoms with Gasteiger partial charge in [-0.2, -0.15) is 0 Å². The van der Waals surface area contributed by atoms with Gasteiger partial charge >= 0.3 is 0 Å². The number of fused-ring (bicyclic) bond motifs is 5. The van der Waals surface area contributed by atoms with Gasteiger partial charge in [-0.1, -0.05) is 66.7 Å². The normalized spacial score (nSPS) is 12.4. The van der Waals surface area contributed by atoms with E-state index >= 15 is 0 Å². The summed E-state index contributed by atoms with van der Waals surface area (Å²) in [5.41, 5.74) is 12.6. The molecule has 0 fully saturated rings. The number of rotatable bonds is 2. The van der Waals surface area contributed by atoms with Crippen LogP contribution in [0, 0.1) is 13.8 Å². The topological polar surface area (TPSA) is 8.17 Å². The van der Waals surface area contributed by atoms with Crippen LogP contribution in [0.15, 0.2) is 109 Å². The fourth-order valence-corrected chi connectivity index (χ4v) is 5.62. The highest BCUT2D eigenvalue weighted by Gasteiger charge is 2.28. The van der Waals surface area contributed by atoms with Gasteiger partial charge in [-0.05, 0) is 78.6 Å². The van der Waals surface area contributed by atoms with Gasteiger partial charge in [0.15, 0.2) is 0 Å². The van der Waals surface area contributed by atoms with Crippen LogP contribution in [-0.2, 0) is 0 Å². The molecule has 0 bridgehead atoms. The van der Waals surface area contributed by atoms with E-state index in [-0.39, 0.29) is 0 Å². The van der Waals surface area contributed by atoms with Crippen LogP contribution in [0.3, 0.4) is 0 Å². The van der Waals surface area contributed by atoms with Crippen molar-refractivity contribution in [2.75, 3.05) is 4.90 Å². The summed E-state index contributed by atoms with van der Waals surface area (Å²) in [5.74, 6) is 0. The molecule has 2 nitrogen and oxygen atoms in total. The third-order valence-corrected chi connectivity index (χ3v) is 7.17. The van der Waals surface area contributed by atoms with Crippen LogP contribution in [0.5, 0.6) is 0 Å². The maximum atomic E-state index is 2.46. The Labute approximate surface area is 199 Å². The molecule has 2 heterocycles. The zero-order valence-corrected chi connectivity index (χ0v) is 19.3. The lowest BCUT2D eigenvalue weighted by Gasteiger charge is -2.33. The largest absolute Gasteiger partial charge is 0.306 e. The van der Waals surface area contributed by atoms with E-state index in [1.54, 1.807) is 0 Å². The Kier molecular flexibility index (Phi) is 4.01. The van der Waals surface area contributed by atoms with Gasteiger partial charge in [0, 0.05) is 16.5 Å². The molecule has 7 rings (SSSR count). The average Bonchev–Trinajstić information content (AvgIpc) is 3.19. The van der Waals surface area contributed by atoms with Gasteiger partial charge in [0.25, 0.3) is 0 Å². The smallest absolute Gasteiger partial charge is 0.0783 e. The molecule has 0 unspecified atom stereocenters. The van der Waals surface area contributed by atoms with Gasteiger partial charge in [-0.15, -0.1) is 0 Å². The van der Waals surface area contributed by atoms with Crippen molar-refractivity contribution in [3.8, 4) is 16.8 Å². The van der Waals surface area contributed by atoms with Gasteiger partial charge in [-0.25, -0.2) is 0 Å². The van der Waals surface area contributed by atoms with E-state index < -0.39 is 0 Å². The van der Waals surface area contributed by atoms with Crippen LogP contribution in [-0.4, -0.2) is 4.57 Å². The van der Waals surface area contributed by atoms with Gasteiger partial charge in [0.1, 0.15) is 0 Å². The lowest BCUT2D eigenvalue weighted by Crippen LogP contribution is -2.17. The predicted molar refractivity (Wildman–Crippen MR) is 144 cm³/mol. The molecule has 0 saturated carbocycles. The molecule has 0 saturated heterocycles. The SMILES string of the molecule is Cc1ccccc1-c1cc2c3cccc4c3n(c2cc1C)-c1ccccc1N4c1ccccc1. The van der Waals surface area contributed by atoms with Crippen molar-refractivity contribution in [2.24, 2.45) is 0 Å². The molecule has 1 aromatic heterocycles. The summed E-state index contributed by atoms with van der Waals surface area (Å²) in [4.78, 5) is 2.39. The second kappa shape index (κ2) is 7.10. The molecule has 34 heavy (non-hydrogen) atoms. The number of hydrogen-bond donors (Lipinski definition) is 0. The lowest BCUT2D eigenvalue weighted by molar-refractivity contribution is 1.11. The third-order valence-electron chi connectivity index (χ3n) is 7.17. The Morgan fingerprint density at radius 2 is 1.21 bits per heavy atom. The molecule has 1 aliphatic heterocycles. The first-order valence-electron chi connectivity index (χ1n) is 11.8. The molecule has 0 amide bonds. The van der Waals surface area contributed by atoms with Crippen LogP contribution in [0.2, 0.25) is 0 Å². The van der Waals surface area contributed by atoms with Gasteiger partial charge in [0.05, 0.1) is 28.1 Å². The number of nitrogens with zero attached hydrogens (tertiary/aromatic N) is 2. The maximum Gasteiger partial charge on any atom is 0.0783 e. The summed E-state index contributed by atoms with van der Waals surface area (Å²) in [5, 5.41) is 2.59. The van der Waals surface area contributed by atoms with E-state index in [9.17, 15) is 0 Å². The molecule has 0 N–H and O–H groups in total. The third kappa shape index (κ3) is 2.57. The molecule has 2 heteroatoms. The minimum Gasteiger partial charge on any atom is -0.306 e. The van der Waals surface area contributed by atoms with Gasteiger partial charge in [-0.3, -0.25) is 0 Å². The molecular formula is C32H24N2. The standard InChI is InChI=1S/C32H24N2/c1-21-11-6-7-14-24(21)26-20-27-25-15-10-18-30-32(25)34(31(27)19-22(26)2)29-17-9-8-16-28(29)33(30)23-12-4-3-5-13-23/h3-20H,1-2H3. The summed E-state index contributed by atoms with van der Waals surface area (Å²) in [7, 11) is 0. The van der Waals surface area contributed by atoms with E-state index in [0.717, 1.165) is 0 Å². The second-order valence-electron chi connectivity index (χ2n) is 9.17. The van der Waals surface area contributed by atoms with Crippen molar-refractivity contribution >= 4 is 38.9 Å². The van der Waals surface area contributed by atoms with E-state index in [1.165, 1.54) is 66.8 Å². The van der Waals surface area contributed by atoms with E-state index in [1.807, 2.05) is 0 Å². The number of benzene rings is 5. The van der Waals surface area contributed by atoms with Crippen molar-refractivity contribution in [3.05, 3.63) is 120 Å². The first kappa shape index (κ1) is 19.2. The molecule has 0 atom stereocenters. The molecule has 5 aromatic carbocycles. The summed E-state index contributed by atoms with van der Waals surface area (Å²) in [6, 6.07) is 39.6. The first-order chi connectivity index (χ1) is 16.7. The quantitative estimate of drug-likeness (QED) is 0.263. The number of aromatic nitrogens is 1. The molecule has 1 aliphatic rings.